The van der Waals surface area contributed by atoms with Crippen molar-refractivity contribution >= 4 is 11.6 Å². The molecule has 0 saturated heterocycles. The third-order valence-electron chi connectivity index (χ3n) is 6.20. The summed E-state index contributed by atoms with van der Waals surface area (Å²) in [5.41, 5.74) is 4.56. The van der Waals surface area contributed by atoms with Crippen molar-refractivity contribution in [3.05, 3.63) is 95.6 Å². The van der Waals surface area contributed by atoms with Gasteiger partial charge in [-0.05, 0) is 54.2 Å². The predicted octanol–water partition coefficient (Wildman–Crippen LogP) is 5.29. The van der Waals surface area contributed by atoms with Gasteiger partial charge in [0.05, 0.1) is 12.7 Å². The van der Waals surface area contributed by atoms with E-state index in [2.05, 4.69) is 30.3 Å². The Morgan fingerprint density at radius 3 is 2.19 bits per heavy atom. The van der Waals surface area contributed by atoms with E-state index in [1.165, 1.54) is 11.1 Å². The molecule has 1 aliphatic heterocycles. The van der Waals surface area contributed by atoms with E-state index in [1.807, 2.05) is 53.4 Å². The van der Waals surface area contributed by atoms with E-state index in [0.717, 1.165) is 36.3 Å². The first-order valence-corrected chi connectivity index (χ1v) is 11.0. The minimum absolute atomic E-state index is 0.219. The molecule has 0 atom stereocenters. The second-order valence-corrected chi connectivity index (χ2v) is 8.37. The number of ether oxygens (including phenoxy) is 2. The highest BCUT2D eigenvalue weighted by Crippen LogP contribution is 2.38. The van der Waals surface area contributed by atoms with Crippen LogP contribution in [-0.2, 0) is 29.2 Å². The molecule has 1 heterocycles. The van der Waals surface area contributed by atoms with Crippen LogP contribution < -0.4 is 9.64 Å². The van der Waals surface area contributed by atoms with Crippen LogP contribution in [0.1, 0.15) is 36.0 Å². The maximum atomic E-state index is 12.7. The second kappa shape index (κ2) is 8.94. The fraction of sp³-hybridized carbons (Fsp3) is 0.296. The minimum Gasteiger partial charge on any atom is -0.489 e. The van der Waals surface area contributed by atoms with Crippen LogP contribution in [0.4, 0.5) is 5.69 Å². The molecule has 0 bridgehead atoms. The Kier molecular flexibility index (Phi) is 5.72. The van der Waals surface area contributed by atoms with E-state index in [9.17, 15) is 4.79 Å². The Morgan fingerprint density at radius 2 is 1.48 bits per heavy atom. The first-order chi connectivity index (χ1) is 15.3. The van der Waals surface area contributed by atoms with Gasteiger partial charge in [0.2, 0.25) is 5.91 Å². The van der Waals surface area contributed by atoms with E-state index < -0.39 is 0 Å². The number of rotatable bonds is 7. The first kappa shape index (κ1) is 19.8. The summed E-state index contributed by atoms with van der Waals surface area (Å²) < 4.78 is 12.0. The maximum Gasteiger partial charge on any atom is 0.227 e. The number of aryl methyl sites for hydroxylation is 1. The second-order valence-electron chi connectivity index (χ2n) is 8.37. The smallest absolute Gasteiger partial charge is 0.227 e. The van der Waals surface area contributed by atoms with Crippen LogP contribution in [0.2, 0.25) is 0 Å². The van der Waals surface area contributed by atoms with Crippen molar-refractivity contribution in [2.24, 2.45) is 0 Å². The molecular formula is C27H27NO3. The van der Waals surface area contributed by atoms with Crippen molar-refractivity contribution in [1.29, 1.82) is 0 Å². The van der Waals surface area contributed by atoms with E-state index in [0.29, 0.717) is 19.6 Å². The van der Waals surface area contributed by atoms with E-state index >= 15 is 0 Å². The number of hydrogen-bond donors (Lipinski definition) is 0. The summed E-state index contributed by atoms with van der Waals surface area (Å²) in [5.74, 6) is 1.08. The Morgan fingerprint density at radius 1 is 0.806 bits per heavy atom. The van der Waals surface area contributed by atoms with Gasteiger partial charge in [0.25, 0.3) is 0 Å². The van der Waals surface area contributed by atoms with Crippen molar-refractivity contribution in [2.75, 3.05) is 4.90 Å². The molecular weight excluding hydrogens is 386 g/mol. The molecule has 1 saturated carbocycles. The van der Waals surface area contributed by atoms with Crippen molar-refractivity contribution < 1.29 is 14.3 Å². The number of carbonyl (C=O) groups is 1. The van der Waals surface area contributed by atoms with Crippen molar-refractivity contribution in [2.45, 2.75) is 51.0 Å². The van der Waals surface area contributed by atoms with Crippen LogP contribution in [0.25, 0.3) is 0 Å². The SMILES string of the molecule is O=C1CCc2cc(OCc3ccccc3)ccc2N1[C@H]1C[C@@H](OCc2ccccc2)C1. The average molecular weight is 414 g/mol. The Labute approximate surface area is 183 Å². The van der Waals surface area contributed by atoms with Crippen LogP contribution >= 0.6 is 0 Å². The van der Waals surface area contributed by atoms with E-state index in [4.69, 9.17) is 9.47 Å². The fourth-order valence-corrected chi connectivity index (χ4v) is 4.40. The summed E-state index contributed by atoms with van der Waals surface area (Å²) in [6, 6.07) is 26.8. The molecule has 3 aromatic carbocycles. The number of amides is 1. The molecule has 3 aromatic rings. The summed E-state index contributed by atoms with van der Waals surface area (Å²) in [7, 11) is 0. The molecule has 0 N–H and O–H groups in total. The van der Waals surface area contributed by atoms with E-state index in [1.54, 1.807) is 0 Å². The van der Waals surface area contributed by atoms with Gasteiger partial charge in [-0.2, -0.15) is 0 Å². The monoisotopic (exact) mass is 413 g/mol. The summed E-state index contributed by atoms with van der Waals surface area (Å²) in [4.78, 5) is 14.7. The van der Waals surface area contributed by atoms with E-state index in [-0.39, 0.29) is 18.1 Å². The highest BCUT2D eigenvalue weighted by Gasteiger charge is 2.39. The van der Waals surface area contributed by atoms with Gasteiger partial charge in [0.15, 0.2) is 0 Å². The molecule has 2 aliphatic rings. The highest BCUT2D eigenvalue weighted by atomic mass is 16.5. The molecule has 4 heteroatoms. The van der Waals surface area contributed by atoms with Crippen LogP contribution in [0.3, 0.4) is 0 Å². The van der Waals surface area contributed by atoms with Gasteiger partial charge in [0.1, 0.15) is 12.4 Å². The third kappa shape index (κ3) is 4.49. The van der Waals surface area contributed by atoms with Gasteiger partial charge in [-0.15, -0.1) is 0 Å². The lowest BCUT2D eigenvalue weighted by Crippen LogP contribution is -2.52. The largest absolute Gasteiger partial charge is 0.489 e. The quantitative estimate of drug-likeness (QED) is 0.528. The molecule has 158 valence electrons. The molecule has 4 nitrogen and oxygen atoms in total. The Hall–Kier alpha value is -3.11. The molecule has 0 radical (unpaired) electrons. The lowest BCUT2D eigenvalue weighted by atomic mass is 9.85. The van der Waals surface area contributed by atoms with Gasteiger partial charge in [-0.25, -0.2) is 0 Å². The Balaban J connectivity index is 1.21. The molecule has 0 unspecified atom stereocenters. The topological polar surface area (TPSA) is 38.8 Å². The van der Waals surface area contributed by atoms with Crippen molar-refractivity contribution in [3.63, 3.8) is 0 Å². The van der Waals surface area contributed by atoms with Gasteiger partial charge in [-0.3, -0.25) is 4.79 Å². The number of benzene rings is 3. The molecule has 0 spiro atoms. The standard InChI is InChI=1S/C27H27NO3/c29-27-14-11-22-15-24(30-18-20-7-3-1-4-8-20)12-13-26(22)28(27)23-16-25(17-23)31-19-21-9-5-2-6-10-21/h1-10,12-13,15,23,25H,11,14,16-19H2/t23-,25+. The van der Waals surface area contributed by atoms with Gasteiger partial charge in [0, 0.05) is 18.2 Å². The molecule has 31 heavy (non-hydrogen) atoms. The highest BCUT2D eigenvalue weighted by molar-refractivity contribution is 5.97. The number of nitrogens with zero attached hydrogens (tertiary/aromatic N) is 1. The summed E-state index contributed by atoms with van der Waals surface area (Å²) in [5, 5.41) is 0. The molecule has 1 aliphatic carbocycles. The molecule has 1 fully saturated rings. The summed E-state index contributed by atoms with van der Waals surface area (Å²) >= 11 is 0. The van der Waals surface area contributed by atoms with Crippen LogP contribution in [0.5, 0.6) is 5.75 Å². The van der Waals surface area contributed by atoms with Crippen molar-refractivity contribution in [1.82, 2.24) is 0 Å². The molecule has 1 amide bonds. The van der Waals surface area contributed by atoms with Crippen LogP contribution in [0.15, 0.2) is 78.9 Å². The lowest BCUT2D eigenvalue weighted by molar-refractivity contribution is -0.120. The first-order valence-electron chi connectivity index (χ1n) is 11.0. The zero-order chi connectivity index (χ0) is 21.0. The third-order valence-corrected chi connectivity index (χ3v) is 6.20. The fourth-order valence-electron chi connectivity index (χ4n) is 4.40. The molecule has 0 aromatic heterocycles. The summed E-state index contributed by atoms with van der Waals surface area (Å²) in [6.07, 6.45) is 3.33. The van der Waals surface area contributed by atoms with Crippen LogP contribution in [0, 0.1) is 0 Å². The zero-order valence-corrected chi connectivity index (χ0v) is 17.6. The minimum atomic E-state index is 0.219. The predicted molar refractivity (Wildman–Crippen MR) is 121 cm³/mol. The van der Waals surface area contributed by atoms with Crippen molar-refractivity contribution in [3.8, 4) is 5.75 Å². The Bertz CT molecular complexity index is 1030. The van der Waals surface area contributed by atoms with Gasteiger partial charge in [-0.1, -0.05) is 60.7 Å². The lowest BCUT2D eigenvalue weighted by Gasteiger charge is -2.44. The van der Waals surface area contributed by atoms with Gasteiger partial charge >= 0.3 is 0 Å². The van der Waals surface area contributed by atoms with Gasteiger partial charge < -0.3 is 14.4 Å². The summed E-state index contributed by atoms with van der Waals surface area (Å²) in [6.45, 7) is 1.18. The number of hydrogen-bond acceptors (Lipinski definition) is 3. The maximum absolute atomic E-state index is 12.7. The number of carbonyl (C=O) groups excluding carboxylic acids is 1. The normalized spacial score (nSPS) is 20.1. The number of fused-ring (bicyclic) bond motifs is 1. The molecule has 5 rings (SSSR count). The zero-order valence-electron chi connectivity index (χ0n) is 17.6. The number of anilines is 1. The van der Waals surface area contributed by atoms with Crippen LogP contribution in [-0.4, -0.2) is 18.1 Å². The average Bonchev–Trinajstić information content (AvgIpc) is 2.79.